The van der Waals surface area contributed by atoms with Crippen LogP contribution < -0.4 is 5.32 Å². The van der Waals surface area contributed by atoms with E-state index in [4.69, 9.17) is 0 Å². The molecule has 0 aromatic rings. The summed E-state index contributed by atoms with van der Waals surface area (Å²) in [6.45, 7) is 6.05. The molecule has 0 aromatic carbocycles. The van der Waals surface area contributed by atoms with Crippen LogP contribution >= 0.6 is 0 Å². The van der Waals surface area contributed by atoms with Crippen LogP contribution in [0.4, 0.5) is 0 Å². The van der Waals surface area contributed by atoms with E-state index in [0.29, 0.717) is 0 Å². The minimum atomic E-state index is 0.859. The predicted molar refractivity (Wildman–Crippen MR) is 77.5 cm³/mol. The van der Waals surface area contributed by atoms with E-state index in [0.717, 1.165) is 35.6 Å². The maximum atomic E-state index is 3.97. The molecule has 0 heterocycles. The fourth-order valence-electron chi connectivity index (χ4n) is 5.37. The summed E-state index contributed by atoms with van der Waals surface area (Å²) >= 11 is 0. The minimum absolute atomic E-state index is 0.859. The van der Waals surface area contributed by atoms with Gasteiger partial charge in [0.15, 0.2) is 0 Å². The van der Waals surface area contributed by atoms with Gasteiger partial charge in [0.25, 0.3) is 0 Å². The molecule has 0 saturated heterocycles. The van der Waals surface area contributed by atoms with E-state index in [1.165, 1.54) is 32.2 Å². The normalized spacial score (nSPS) is 44.7. The van der Waals surface area contributed by atoms with Crippen molar-refractivity contribution in [3.05, 3.63) is 0 Å². The molecule has 0 aliphatic heterocycles. The van der Waals surface area contributed by atoms with Crippen molar-refractivity contribution in [3.63, 3.8) is 0 Å². The van der Waals surface area contributed by atoms with Crippen LogP contribution in [0.1, 0.15) is 65.2 Å². The quantitative estimate of drug-likeness (QED) is 0.769. The molecule has 0 spiro atoms. The van der Waals surface area contributed by atoms with Gasteiger partial charge >= 0.3 is 0 Å². The smallest absolute Gasteiger partial charge is 0.0129 e. The summed E-state index contributed by atoms with van der Waals surface area (Å²) in [6.07, 6.45) is 12.0. The average molecular weight is 249 g/mol. The van der Waals surface area contributed by atoms with Gasteiger partial charge in [-0.1, -0.05) is 33.1 Å². The second-order valence-electron chi connectivity index (χ2n) is 7.39. The lowest BCUT2D eigenvalue weighted by Gasteiger charge is -2.37. The van der Waals surface area contributed by atoms with Gasteiger partial charge in [0.05, 0.1) is 0 Å². The highest BCUT2D eigenvalue weighted by Crippen LogP contribution is 2.52. The van der Waals surface area contributed by atoms with Crippen LogP contribution in [0.15, 0.2) is 0 Å². The molecular formula is C17H31N. The van der Waals surface area contributed by atoms with Gasteiger partial charge in [0.1, 0.15) is 0 Å². The van der Waals surface area contributed by atoms with Crippen LogP contribution in [0.25, 0.3) is 0 Å². The van der Waals surface area contributed by atoms with Gasteiger partial charge in [0.2, 0.25) is 0 Å². The zero-order valence-electron chi connectivity index (χ0n) is 12.3. The number of rotatable bonds is 5. The Morgan fingerprint density at radius 3 is 2.50 bits per heavy atom. The molecule has 6 unspecified atom stereocenters. The van der Waals surface area contributed by atoms with E-state index in [9.17, 15) is 0 Å². The van der Waals surface area contributed by atoms with Crippen molar-refractivity contribution in [2.75, 3.05) is 6.54 Å². The molecule has 104 valence electrons. The van der Waals surface area contributed by atoms with Crippen molar-refractivity contribution in [2.24, 2.45) is 29.6 Å². The molecule has 0 aromatic heterocycles. The Balaban J connectivity index is 1.69. The molecule has 6 atom stereocenters. The maximum absolute atomic E-state index is 3.97. The maximum Gasteiger partial charge on any atom is 0.0129 e. The van der Waals surface area contributed by atoms with Crippen LogP contribution in [0, 0.1) is 29.6 Å². The summed E-state index contributed by atoms with van der Waals surface area (Å²) in [5.41, 5.74) is 0. The molecular weight excluding hydrogens is 218 g/mol. The third kappa shape index (κ3) is 2.35. The molecule has 1 heteroatoms. The molecule has 3 fully saturated rings. The Labute approximate surface area is 113 Å². The SMILES string of the molecule is CCCNC(C1CCCC1C)C1CC2CCC1C2. The van der Waals surface area contributed by atoms with Gasteiger partial charge in [-0.2, -0.15) is 0 Å². The second kappa shape index (κ2) is 5.53. The van der Waals surface area contributed by atoms with Crippen molar-refractivity contribution in [3.8, 4) is 0 Å². The topological polar surface area (TPSA) is 12.0 Å². The Hall–Kier alpha value is -0.0400. The fourth-order valence-corrected chi connectivity index (χ4v) is 5.37. The summed E-state index contributed by atoms with van der Waals surface area (Å²) in [4.78, 5) is 0. The highest BCUT2D eigenvalue weighted by Gasteiger charge is 2.46. The second-order valence-corrected chi connectivity index (χ2v) is 7.39. The number of hydrogen-bond acceptors (Lipinski definition) is 1. The van der Waals surface area contributed by atoms with Crippen LogP contribution in [-0.4, -0.2) is 12.6 Å². The summed E-state index contributed by atoms with van der Waals surface area (Å²) in [5.74, 6) is 5.17. The van der Waals surface area contributed by atoms with Gasteiger partial charge in [-0.05, 0) is 68.2 Å². The van der Waals surface area contributed by atoms with E-state index >= 15 is 0 Å². The summed E-state index contributed by atoms with van der Waals surface area (Å²) < 4.78 is 0. The molecule has 1 nitrogen and oxygen atoms in total. The number of nitrogens with one attached hydrogen (secondary N) is 1. The Morgan fingerprint density at radius 2 is 1.94 bits per heavy atom. The van der Waals surface area contributed by atoms with Gasteiger partial charge in [-0.25, -0.2) is 0 Å². The van der Waals surface area contributed by atoms with E-state index < -0.39 is 0 Å². The fraction of sp³-hybridized carbons (Fsp3) is 1.00. The minimum Gasteiger partial charge on any atom is -0.313 e. The van der Waals surface area contributed by atoms with E-state index in [1.54, 1.807) is 25.7 Å². The first-order chi connectivity index (χ1) is 8.79. The molecule has 3 rings (SSSR count). The Bertz CT molecular complexity index is 275. The lowest BCUT2D eigenvalue weighted by atomic mass is 9.75. The molecule has 1 N–H and O–H groups in total. The van der Waals surface area contributed by atoms with Gasteiger partial charge in [-0.3, -0.25) is 0 Å². The molecule has 18 heavy (non-hydrogen) atoms. The molecule has 0 radical (unpaired) electrons. The third-order valence-electron chi connectivity index (χ3n) is 6.27. The van der Waals surface area contributed by atoms with E-state index in [2.05, 4.69) is 19.2 Å². The lowest BCUT2D eigenvalue weighted by molar-refractivity contribution is 0.168. The van der Waals surface area contributed by atoms with Crippen LogP contribution in [0.5, 0.6) is 0 Å². The molecule has 3 aliphatic rings. The summed E-state index contributed by atoms with van der Waals surface area (Å²) in [7, 11) is 0. The third-order valence-corrected chi connectivity index (χ3v) is 6.27. The largest absolute Gasteiger partial charge is 0.313 e. The molecule has 3 saturated carbocycles. The van der Waals surface area contributed by atoms with Crippen LogP contribution in [0.3, 0.4) is 0 Å². The van der Waals surface area contributed by atoms with Crippen molar-refractivity contribution >= 4 is 0 Å². The Kier molecular flexibility index (Phi) is 3.98. The van der Waals surface area contributed by atoms with Crippen molar-refractivity contribution in [1.82, 2.24) is 5.32 Å². The van der Waals surface area contributed by atoms with E-state index in [1.807, 2.05) is 0 Å². The van der Waals surface area contributed by atoms with E-state index in [-0.39, 0.29) is 0 Å². The van der Waals surface area contributed by atoms with Crippen molar-refractivity contribution in [1.29, 1.82) is 0 Å². The number of hydrogen-bond donors (Lipinski definition) is 1. The summed E-state index contributed by atoms with van der Waals surface area (Å²) in [5, 5.41) is 3.97. The molecule has 0 amide bonds. The van der Waals surface area contributed by atoms with Crippen LogP contribution in [-0.2, 0) is 0 Å². The highest BCUT2D eigenvalue weighted by atomic mass is 14.9. The van der Waals surface area contributed by atoms with Crippen molar-refractivity contribution in [2.45, 2.75) is 71.3 Å². The zero-order valence-corrected chi connectivity index (χ0v) is 12.3. The predicted octanol–water partition coefficient (Wildman–Crippen LogP) is 4.23. The monoisotopic (exact) mass is 249 g/mol. The standard InChI is InChI=1S/C17H31N/c1-3-9-18-17(15-6-4-5-12(15)2)16-11-13-7-8-14(16)10-13/h12-18H,3-11H2,1-2H3. The van der Waals surface area contributed by atoms with Gasteiger partial charge < -0.3 is 5.32 Å². The summed E-state index contributed by atoms with van der Waals surface area (Å²) in [6, 6.07) is 0.859. The Morgan fingerprint density at radius 1 is 1.06 bits per heavy atom. The highest BCUT2D eigenvalue weighted by molar-refractivity contribution is 4.99. The van der Waals surface area contributed by atoms with Gasteiger partial charge in [0, 0.05) is 6.04 Å². The zero-order chi connectivity index (χ0) is 12.5. The first-order valence-electron chi connectivity index (χ1n) is 8.53. The van der Waals surface area contributed by atoms with Crippen LogP contribution in [0.2, 0.25) is 0 Å². The first kappa shape index (κ1) is 13.0. The van der Waals surface area contributed by atoms with Crippen molar-refractivity contribution < 1.29 is 0 Å². The average Bonchev–Trinajstić information content (AvgIpc) is 3.07. The van der Waals surface area contributed by atoms with Gasteiger partial charge in [-0.15, -0.1) is 0 Å². The molecule has 2 bridgehead atoms. The number of fused-ring (bicyclic) bond motifs is 2. The lowest BCUT2D eigenvalue weighted by Crippen LogP contribution is -2.45. The molecule has 3 aliphatic carbocycles. The first-order valence-corrected chi connectivity index (χ1v) is 8.53.